The van der Waals surface area contributed by atoms with Crippen molar-refractivity contribution in [1.82, 2.24) is 15.0 Å². The van der Waals surface area contributed by atoms with Crippen molar-refractivity contribution in [3.8, 4) is 0 Å². The molecule has 0 fully saturated rings. The summed E-state index contributed by atoms with van der Waals surface area (Å²) in [6.07, 6.45) is 0.101. The van der Waals surface area contributed by atoms with Gasteiger partial charge in [0.2, 0.25) is 5.69 Å². The summed E-state index contributed by atoms with van der Waals surface area (Å²) in [6, 6.07) is 0. The zero-order valence-electron chi connectivity index (χ0n) is 15.3. The van der Waals surface area contributed by atoms with E-state index in [1.165, 1.54) is 18.9 Å². The number of nitrogens with zero attached hydrogens (tertiary/aromatic N) is 3. The van der Waals surface area contributed by atoms with Gasteiger partial charge < -0.3 is 23.3 Å². The van der Waals surface area contributed by atoms with Crippen molar-refractivity contribution in [2.45, 2.75) is 20.4 Å². The van der Waals surface area contributed by atoms with E-state index in [2.05, 4.69) is 19.8 Å². The van der Waals surface area contributed by atoms with Gasteiger partial charge in [0, 0.05) is 0 Å². The Hall–Kier alpha value is -1.81. The predicted molar refractivity (Wildman–Crippen MR) is 89.2 cm³/mol. The fourth-order valence-electron chi connectivity index (χ4n) is 1.99. The third kappa shape index (κ3) is 6.17. The smallest absolute Gasteiger partial charge is 0.361 e. The van der Waals surface area contributed by atoms with Gasteiger partial charge in [-0.05, 0) is 13.8 Å². The Balaban J connectivity index is 2.63. The van der Waals surface area contributed by atoms with Crippen molar-refractivity contribution < 1.29 is 37.4 Å². The third-order valence-electron chi connectivity index (χ3n) is 3.10. The van der Waals surface area contributed by atoms with E-state index in [1.807, 2.05) is 0 Å². The van der Waals surface area contributed by atoms with Crippen LogP contribution in [0, 0.1) is 0 Å². The van der Waals surface area contributed by atoms with E-state index in [0.29, 0.717) is 0 Å². The number of esters is 2. The van der Waals surface area contributed by atoms with Crippen LogP contribution in [0.4, 0.5) is 0 Å². The Morgan fingerprint density at radius 2 is 1.65 bits per heavy atom. The maximum absolute atomic E-state index is 12.3. The number of carbonyl (C=O) groups is 2. The molecular weight excluding hydrogens is 369 g/mol. The molecule has 0 N–H and O–H groups in total. The quantitative estimate of drug-likeness (QED) is 0.289. The molecule has 1 aromatic rings. The van der Waals surface area contributed by atoms with Crippen LogP contribution in [0.15, 0.2) is 0 Å². The van der Waals surface area contributed by atoms with Gasteiger partial charge in [0.05, 0.1) is 53.4 Å². The molecule has 1 aromatic heterocycles. The average Bonchev–Trinajstić information content (AvgIpc) is 3.04. The van der Waals surface area contributed by atoms with Gasteiger partial charge in [0.15, 0.2) is 5.69 Å². The summed E-state index contributed by atoms with van der Waals surface area (Å²) in [5, 5.41) is 7.38. The molecule has 0 radical (unpaired) electrons. The molecule has 0 aliphatic heterocycles. The highest BCUT2D eigenvalue weighted by molar-refractivity contribution is 7.53. The van der Waals surface area contributed by atoms with Crippen molar-refractivity contribution in [3.63, 3.8) is 0 Å². The molecule has 0 aliphatic carbocycles. The third-order valence-corrected chi connectivity index (χ3v) is 5.13. The summed E-state index contributed by atoms with van der Waals surface area (Å²) < 4.78 is 38.4. The maximum atomic E-state index is 12.3. The summed E-state index contributed by atoms with van der Waals surface area (Å²) in [5.74, 6) is -1.57. The normalized spacial score (nSPS) is 11.4. The molecule has 1 heterocycles. The Labute approximate surface area is 151 Å². The summed E-state index contributed by atoms with van der Waals surface area (Å²) in [4.78, 5) is 23.5. The van der Waals surface area contributed by atoms with E-state index in [1.54, 1.807) is 13.8 Å². The number of ether oxygens (including phenoxy) is 3. The van der Waals surface area contributed by atoms with Gasteiger partial charge >= 0.3 is 19.5 Å². The Bertz CT molecular complexity index is 638. The first-order valence-corrected chi connectivity index (χ1v) is 9.71. The van der Waals surface area contributed by atoms with Crippen LogP contribution in [0.2, 0.25) is 0 Å². The number of carbonyl (C=O) groups excluding carboxylic acids is 2. The molecule has 0 aromatic carbocycles. The van der Waals surface area contributed by atoms with Crippen LogP contribution in [0.3, 0.4) is 0 Å². The molecular formula is C14H24N3O8P. The minimum Gasteiger partial charge on any atom is -0.464 e. The van der Waals surface area contributed by atoms with Gasteiger partial charge in [-0.25, -0.2) is 14.3 Å². The zero-order valence-corrected chi connectivity index (χ0v) is 16.2. The second kappa shape index (κ2) is 11.0. The highest BCUT2D eigenvalue weighted by atomic mass is 31.2. The molecule has 0 atom stereocenters. The Kier molecular flexibility index (Phi) is 9.42. The lowest BCUT2D eigenvalue weighted by molar-refractivity contribution is 0.0540. The van der Waals surface area contributed by atoms with Crippen LogP contribution in [0.1, 0.15) is 34.8 Å². The van der Waals surface area contributed by atoms with E-state index in [4.69, 9.17) is 13.8 Å². The fourth-order valence-corrected chi connectivity index (χ4v) is 3.46. The van der Waals surface area contributed by atoms with Gasteiger partial charge in [0.1, 0.15) is 0 Å². The molecule has 0 bridgehead atoms. The first kappa shape index (κ1) is 22.2. The van der Waals surface area contributed by atoms with Crippen molar-refractivity contribution in [2.24, 2.45) is 0 Å². The standard InChI is InChI=1S/C14H24N3O8P/c1-5-24-26(20,25-6-2)10-9-23-8-7-17-12(14(19)22-4)11(15-16-17)13(18)21-3/h5-10H2,1-4H3. The van der Waals surface area contributed by atoms with E-state index in [9.17, 15) is 14.2 Å². The van der Waals surface area contributed by atoms with Crippen LogP contribution in [-0.2, 0) is 34.4 Å². The van der Waals surface area contributed by atoms with Crippen LogP contribution in [0.25, 0.3) is 0 Å². The highest BCUT2D eigenvalue weighted by Gasteiger charge is 2.27. The summed E-state index contributed by atoms with van der Waals surface area (Å²) in [6.45, 7) is 4.39. The average molecular weight is 393 g/mol. The molecule has 0 aliphatic rings. The predicted octanol–water partition coefficient (Wildman–Crippen LogP) is 1.13. The molecule has 0 saturated carbocycles. The lowest BCUT2D eigenvalue weighted by Gasteiger charge is -2.16. The number of methoxy groups -OCH3 is 2. The first-order valence-electron chi connectivity index (χ1n) is 7.98. The van der Waals surface area contributed by atoms with Gasteiger partial charge in [-0.3, -0.25) is 4.57 Å². The topological polar surface area (TPSA) is 128 Å². The van der Waals surface area contributed by atoms with Gasteiger partial charge in [-0.1, -0.05) is 5.21 Å². The second-order valence-electron chi connectivity index (χ2n) is 4.78. The molecule has 0 spiro atoms. The maximum Gasteiger partial charge on any atom is 0.361 e. The molecule has 26 heavy (non-hydrogen) atoms. The number of aromatic nitrogens is 3. The Morgan fingerprint density at radius 3 is 2.19 bits per heavy atom. The van der Waals surface area contributed by atoms with Crippen LogP contribution >= 0.6 is 7.60 Å². The lowest BCUT2D eigenvalue weighted by Crippen LogP contribution is -2.19. The monoisotopic (exact) mass is 393 g/mol. The molecule has 12 heteroatoms. The van der Waals surface area contributed by atoms with Crippen molar-refractivity contribution in [3.05, 3.63) is 11.4 Å². The van der Waals surface area contributed by atoms with E-state index >= 15 is 0 Å². The fraction of sp³-hybridized carbons (Fsp3) is 0.714. The molecule has 148 valence electrons. The summed E-state index contributed by atoms with van der Waals surface area (Å²) in [7, 11) is -0.826. The Morgan fingerprint density at radius 1 is 1.04 bits per heavy atom. The first-order chi connectivity index (χ1) is 12.4. The van der Waals surface area contributed by atoms with E-state index in [-0.39, 0.29) is 50.5 Å². The molecule has 0 amide bonds. The number of hydrogen-bond donors (Lipinski definition) is 0. The molecule has 1 rings (SSSR count). The van der Waals surface area contributed by atoms with Gasteiger partial charge in [-0.2, -0.15) is 0 Å². The van der Waals surface area contributed by atoms with Crippen molar-refractivity contribution >= 4 is 19.5 Å². The molecule has 0 unspecified atom stereocenters. The van der Waals surface area contributed by atoms with Crippen LogP contribution in [0.5, 0.6) is 0 Å². The van der Waals surface area contributed by atoms with Gasteiger partial charge in [0.25, 0.3) is 0 Å². The molecule has 0 saturated heterocycles. The largest absolute Gasteiger partial charge is 0.464 e. The number of rotatable bonds is 12. The summed E-state index contributed by atoms with van der Waals surface area (Å²) in [5.41, 5.74) is -0.367. The van der Waals surface area contributed by atoms with Crippen molar-refractivity contribution in [1.29, 1.82) is 0 Å². The number of hydrogen-bond acceptors (Lipinski definition) is 10. The lowest BCUT2D eigenvalue weighted by atomic mass is 10.3. The molecule has 11 nitrogen and oxygen atoms in total. The minimum absolute atomic E-state index is 0.101. The zero-order chi connectivity index (χ0) is 19.6. The van der Waals surface area contributed by atoms with E-state index < -0.39 is 19.5 Å². The van der Waals surface area contributed by atoms with Crippen LogP contribution < -0.4 is 0 Å². The minimum atomic E-state index is -3.17. The van der Waals surface area contributed by atoms with Crippen LogP contribution in [-0.4, -0.2) is 73.7 Å². The summed E-state index contributed by atoms with van der Waals surface area (Å²) >= 11 is 0. The second-order valence-corrected chi connectivity index (χ2v) is 6.96. The highest BCUT2D eigenvalue weighted by Crippen LogP contribution is 2.47. The van der Waals surface area contributed by atoms with Crippen molar-refractivity contribution in [2.75, 3.05) is 46.8 Å². The van der Waals surface area contributed by atoms with Gasteiger partial charge in [-0.15, -0.1) is 5.10 Å². The SMILES string of the molecule is CCOP(=O)(CCOCCn1nnc(C(=O)OC)c1C(=O)OC)OCC. The van der Waals surface area contributed by atoms with E-state index in [0.717, 1.165) is 0 Å².